The second kappa shape index (κ2) is 8.39. The molecule has 144 valence electrons. The summed E-state index contributed by atoms with van der Waals surface area (Å²) in [5, 5.41) is 19.2. The number of anilines is 1. The van der Waals surface area contributed by atoms with Crippen molar-refractivity contribution >= 4 is 57.6 Å². The second-order valence-corrected chi connectivity index (χ2v) is 10.1. The molecule has 0 aliphatic carbocycles. The number of hydrogen-bond donors (Lipinski definition) is 1. The van der Waals surface area contributed by atoms with E-state index in [4.69, 9.17) is 4.63 Å². The van der Waals surface area contributed by atoms with E-state index >= 15 is 0 Å². The Kier molecular flexibility index (Phi) is 5.72. The summed E-state index contributed by atoms with van der Waals surface area (Å²) >= 11 is 1.81. The minimum absolute atomic E-state index is 0.202. The smallest absolute Gasteiger partial charge is 0.203 e. The number of aliphatic hydroxyl groups is 1. The number of fused-ring (bicyclic) bond motifs is 2. The van der Waals surface area contributed by atoms with Crippen molar-refractivity contribution in [1.29, 1.82) is 0 Å². The first kappa shape index (κ1) is 19.1. The van der Waals surface area contributed by atoms with Gasteiger partial charge in [0.2, 0.25) is 4.61 Å². The van der Waals surface area contributed by atoms with Crippen LogP contribution in [0.25, 0.3) is 33.0 Å². The lowest BCUT2D eigenvalue weighted by Crippen LogP contribution is -2.22. The highest BCUT2D eigenvalue weighted by molar-refractivity contribution is 7.63. The molecule has 0 aliphatic heterocycles. The van der Waals surface area contributed by atoms with E-state index in [1.807, 2.05) is 0 Å². The molecular weight excluding hydrogens is 389 g/mol. The zero-order valence-corrected chi connectivity index (χ0v) is 17.7. The maximum atomic E-state index is 9.53. The fourth-order valence-electron chi connectivity index (χ4n) is 3.50. The van der Waals surface area contributed by atoms with Crippen LogP contribution in [0.1, 0.15) is 24.0 Å². The average molecular weight is 412 g/mol. The van der Waals surface area contributed by atoms with Gasteiger partial charge in [-0.15, -0.1) is 0 Å². The van der Waals surface area contributed by atoms with E-state index in [0.29, 0.717) is 0 Å². The highest BCUT2D eigenvalue weighted by Crippen LogP contribution is 2.49. The molecule has 0 fully saturated rings. The first-order valence-corrected chi connectivity index (χ1v) is 11.8. The molecule has 1 N–H and O–H groups in total. The molecule has 28 heavy (non-hydrogen) atoms. The number of aromatic nitrogens is 2. The monoisotopic (exact) mass is 412 g/mol. The predicted octanol–water partition coefficient (Wildman–Crippen LogP) is 5.71. The lowest BCUT2D eigenvalue weighted by atomic mass is 10.1. The van der Waals surface area contributed by atoms with Crippen LogP contribution in [-0.2, 0) is 6.16 Å². The molecule has 2 aromatic carbocycles. The number of nitrogens with zero attached hydrogens (tertiary/aromatic N) is 3. The van der Waals surface area contributed by atoms with Crippen LogP contribution >= 0.6 is 18.9 Å². The van der Waals surface area contributed by atoms with Gasteiger partial charge in [0.15, 0.2) is 18.2 Å². The molecule has 0 spiro atoms. The van der Waals surface area contributed by atoms with Crippen molar-refractivity contribution in [1.82, 2.24) is 10.3 Å². The molecular formula is C21H23N3O2PS+. The van der Waals surface area contributed by atoms with Gasteiger partial charge < -0.3 is 10.0 Å². The maximum absolute atomic E-state index is 9.53. The van der Waals surface area contributed by atoms with Crippen molar-refractivity contribution < 1.29 is 9.74 Å². The van der Waals surface area contributed by atoms with Crippen LogP contribution < -0.4 is 4.90 Å². The summed E-state index contributed by atoms with van der Waals surface area (Å²) in [4.78, 5) is 2.25. The molecule has 0 amide bonds. The summed E-state index contributed by atoms with van der Waals surface area (Å²) in [5.74, 6) is 0. The van der Waals surface area contributed by atoms with Crippen molar-refractivity contribution in [3.8, 4) is 0 Å². The topological polar surface area (TPSA) is 62.4 Å². The molecule has 7 heteroatoms. The molecule has 1 unspecified atom stereocenters. The van der Waals surface area contributed by atoms with Gasteiger partial charge in [-0.3, -0.25) is 0 Å². The Labute approximate surface area is 168 Å². The molecule has 5 nitrogen and oxygen atoms in total. The Morgan fingerprint density at radius 3 is 2.64 bits per heavy atom. The molecule has 2 aromatic heterocycles. The summed E-state index contributed by atoms with van der Waals surface area (Å²) in [6.45, 7) is 6.28. The number of benzene rings is 2. The van der Waals surface area contributed by atoms with Crippen LogP contribution in [0.2, 0.25) is 0 Å². The molecule has 0 saturated carbocycles. The van der Waals surface area contributed by atoms with Crippen LogP contribution in [0.3, 0.4) is 0 Å². The van der Waals surface area contributed by atoms with Gasteiger partial charge >= 0.3 is 0 Å². The third kappa shape index (κ3) is 3.44. The summed E-state index contributed by atoms with van der Waals surface area (Å²) in [6, 6.07) is 12.7. The number of rotatable bonds is 7. The third-order valence-corrected chi connectivity index (χ3v) is 9.20. The quantitative estimate of drug-likeness (QED) is 0.421. The van der Waals surface area contributed by atoms with Crippen LogP contribution in [0.4, 0.5) is 5.69 Å². The Balaban J connectivity index is 1.76. The Morgan fingerprint density at radius 1 is 1.07 bits per heavy atom. The Morgan fingerprint density at radius 2 is 1.86 bits per heavy atom. The van der Waals surface area contributed by atoms with E-state index in [2.05, 4.69) is 77.6 Å². The molecule has 0 aliphatic rings. The third-order valence-electron chi connectivity index (χ3n) is 4.90. The van der Waals surface area contributed by atoms with E-state index in [9.17, 15) is 5.11 Å². The normalized spacial score (nSPS) is 12.5. The Hall–Kier alpha value is -2.27. The average Bonchev–Trinajstić information content (AvgIpc) is 3.34. The fraction of sp³-hybridized carbons (Fsp3) is 0.286. The predicted molar refractivity (Wildman–Crippen MR) is 120 cm³/mol. The highest BCUT2D eigenvalue weighted by Gasteiger charge is 2.21. The standard InChI is InChI=1S/C21H23N3O2PS/c1-3-24(4-2)16-11-9-15(20-21(16)23-26-22-20)10-12-19-27(14-13-25)17-7-5-6-8-18(17)28-19/h5-12,25H,3-4,13-14H2,1-2H3/q+1/b12-10+. The molecule has 4 aromatic rings. The number of aliphatic hydroxyl groups excluding tert-OH is 1. The minimum atomic E-state index is -0.499. The van der Waals surface area contributed by atoms with E-state index in [1.54, 1.807) is 11.3 Å². The first-order chi connectivity index (χ1) is 13.8. The second-order valence-electron chi connectivity index (χ2n) is 6.42. The molecule has 0 bridgehead atoms. The summed E-state index contributed by atoms with van der Waals surface area (Å²) < 4.78 is 7.67. The fourth-order valence-corrected chi connectivity index (χ4v) is 7.71. The van der Waals surface area contributed by atoms with Gasteiger partial charge in [0.1, 0.15) is 11.7 Å². The SMILES string of the molecule is CCN(CC)c1ccc(/C=C/c2sc3ccccc3[p+]2CCO)c2nonc12. The van der Waals surface area contributed by atoms with Gasteiger partial charge in [0, 0.05) is 18.7 Å². The molecule has 0 saturated heterocycles. The molecule has 2 heterocycles. The minimum Gasteiger partial charge on any atom is -0.392 e. The molecule has 0 radical (unpaired) electrons. The lowest BCUT2D eigenvalue weighted by molar-refractivity contribution is 0.311. The Bertz CT molecular complexity index is 1130. The zero-order valence-electron chi connectivity index (χ0n) is 16.0. The van der Waals surface area contributed by atoms with Gasteiger partial charge in [0.25, 0.3) is 0 Å². The van der Waals surface area contributed by atoms with Gasteiger partial charge in [0.05, 0.1) is 17.0 Å². The van der Waals surface area contributed by atoms with E-state index in [1.165, 1.54) is 14.4 Å². The largest absolute Gasteiger partial charge is 0.392 e. The highest BCUT2D eigenvalue weighted by atomic mass is 32.1. The van der Waals surface area contributed by atoms with Gasteiger partial charge in [-0.25, -0.2) is 4.63 Å². The van der Waals surface area contributed by atoms with Crippen LogP contribution in [-0.4, -0.2) is 35.1 Å². The van der Waals surface area contributed by atoms with Crippen LogP contribution in [0, 0.1) is 0 Å². The molecule has 1 atom stereocenters. The summed E-state index contributed by atoms with van der Waals surface area (Å²) in [6.07, 6.45) is 5.06. The summed E-state index contributed by atoms with van der Waals surface area (Å²) in [5.41, 5.74) is 3.63. The zero-order chi connectivity index (χ0) is 19.5. The molecule has 4 rings (SSSR count). The van der Waals surface area contributed by atoms with Gasteiger partial charge in [-0.1, -0.05) is 29.5 Å². The van der Waals surface area contributed by atoms with Gasteiger partial charge in [-0.2, -0.15) is 0 Å². The lowest BCUT2D eigenvalue weighted by Gasteiger charge is -2.20. The van der Waals surface area contributed by atoms with Crippen molar-refractivity contribution in [2.75, 3.05) is 24.6 Å². The van der Waals surface area contributed by atoms with Crippen molar-refractivity contribution in [3.63, 3.8) is 0 Å². The maximum Gasteiger partial charge on any atom is 0.203 e. The van der Waals surface area contributed by atoms with E-state index in [-0.39, 0.29) is 6.61 Å². The summed E-state index contributed by atoms with van der Waals surface area (Å²) in [7, 11) is -0.499. The van der Waals surface area contributed by atoms with Crippen molar-refractivity contribution in [2.24, 2.45) is 0 Å². The van der Waals surface area contributed by atoms with Crippen molar-refractivity contribution in [2.45, 2.75) is 20.0 Å². The number of hydrogen-bond acceptors (Lipinski definition) is 6. The van der Waals surface area contributed by atoms with Crippen molar-refractivity contribution in [3.05, 3.63) is 46.6 Å². The van der Waals surface area contributed by atoms with Gasteiger partial charge in [-0.05, 0) is 54.5 Å². The van der Waals surface area contributed by atoms with E-state index in [0.717, 1.165) is 41.5 Å². The van der Waals surface area contributed by atoms with Crippen LogP contribution in [0.5, 0.6) is 0 Å². The van der Waals surface area contributed by atoms with E-state index < -0.39 is 7.53 Å². The van der Waals surface area contributed by atoms with Crippen LogP contribution in [0.15, 0.2) is 41.0 Å². The first-order valence-electron chi connectivity index (χ1n) is 9.47.